The van der Waals surface area contributed by atoms with E-state index >= 15 is 0 Å². The summed E-state index contributed by atoms with van der Waals surface area (Å²) in [4.78, 5) is 84.8. The highest BCUT2D eigenvalue weighted by Gasteiger charge is 2.55. The molecule has 1 saturated carbocycles. The molecule has 0 spiro atoms. The standard InChI is InChI=1S/C55H98N8O19/c1-50(2,3)78-45(68)57-24-22-36(64)42(67)58-34-27-35(60-47(70)80-52(7,8)9)40(37(65)39(34)77-44-38(66)41(55(16,73)30-74-44)62(18)48(71)81-53(10,11)12)76-43-33(59-46(69)79-51(4,5)6)20-19-32(75-43)28-56-23-21-31-29-63(26-25-61(31)17)49(72)82-54(13,14)15/h19,31,33-41,43-44,56,64-66,73H,20-30H2,1-18H3,(H,57,68)(H,58,67)(H,59,69)(H,60,70)/t31?,33-,34-,35+,36+,37-,38-,39+,40-,41-,43-,44-,55+/m1/s1. The van der Waals surface area contributed by atoms with E-state index in [1.54, 1.807) is 94.1 Å². The first kappa shape index (κ1) is 69.5. The molecule has 0 radical (unpaired) electrons. The van der Waals surface area contributed by atoms with E-state index in [4.69, 9.17) is 42.6 Å². The Bertz CT molecular complexity index is 2190. The van der Waals surface area contributed by atoms with E-state index in [0.717, 1.165) is 4.90 Å². The van der Waals surface area contributed by atoms with E-state index < -0.39 is 138 Å². The quantitative estimate of drug-likeness (QED) is 0.0747. The van der Waals surface area contributed by atoms with Crippen molar-refractivity contribution in [1.82, 2.24) is 41.3 Å². The van der Waals surface area contributed by atoms with Gasteiger partial charge in [-0.05, 0) is 156 Å². The second-order valence-electron chi connectivity index (χ2n) is 26.8. The van der Waals surface area contributed by atoms with Gasteiger partial charge in [0.05, 0.1) is 37.3 Å². The molecule has 4 aliphatic rings. The van der Waals surface area contributed by atoms with Crippen molar-refractivity contribution in [2.75, 3.05) is 60.0 Å². The van der Waals surface area contributed by atoms with E-state index in [9.17, 15) is 49.2 Å². The third-order valence-electron chi connectivity index (χ3n) is 13.1. The fourth-order valence-electron chi connectivity index (χ4n) is 9.51. The Morgan fingerprint density at radius 2 is 1.24 bits per heavy atom. The minimum Gasteiger partial charge on any atom is -0.466 e. The first-order chi connectivity index (χ1) is 37.5. The average Bonchev–Trinajstić information content (AvgIpc) is 3.29. The molecule has 1 aliphatic carbocycles. The number of piperazine rings is 1. The Labute approximate surface area is 483 Å². The summed E-state index contributed by atoms with van der Waals surface area (Å²) in [5.74, 6) is -0.599. The Hall–Kier alpha value is -5.00. The average molecular weight is 1180 g/mol. The molecule has 9 N–H and O–H groups in total. The van der Waals surface area contributed by atoms with Gasteiger partial charge in [0, 0.05) is 39.3 Å². The fourth-order valence-corrected chi connectivity index (χ4v) is 9.51. The van der Waals surface area contributed by atoms with Crippen LogP contribution in [0, 0.1) is 0 Å². The number of amides is 6. The number of ether oxygens (including phenoxy) is 9. The van der Waals surface area contributed by atoms with E-state index in [1.165, 1.54) is 14.0 Å². The maximum atomic E-state index is 14.0. The number of nitrogens with one attached hydrogen (secondary N) is 5. The Morgan fingerprint density at radius 1 is 0.720 bits per heavy atom. The lowest BCUT2D eigenvalue weighted by Crippen LogP contribution is -2.71. The molecule has 0 aromatic heterocycles. The van der Waals surface area contributed by atoms with Crippen molar-refractivity contribution >= 4 is 36.4 Å². The summed E-state index contributed by atoms with van der Waals surface area (Å²) >= 11 is 0. The van der Waals surface area contributed by atoms with Crippen LogP contribution in [0.3, 0.4) is 0 Å². The summed E-state index contributed by atoms with van der Waals surface area (Å²) in [7, 11) is 3.31. The number of hydrogen-bond donors (Lipinski definition) is 9. The van der Waals surface area contributed by atoms with E-state index in [-0.39, 0.29) is 44.5 Å². The molecule has 1 unspecified atom stereocenters. The molecule has 82 heavy (non-hydrogen) atoms. The Kier molecular flexibility index (Phi) is 23.9. The monoisotopic (exact) mass is 1170 g/mol. The SMILES string of the molecule is CN1CCN(C(=O)OC(C)(C)C)CC1CCNCC1=CC[C@@H](NC(=O)OC(C)(C)C)[C@@H](O[C@H]2[C@H](O)[C@@H](O[C@H]3OC[C@](C)(O)[C@H](N(C)C(=O)OC(C)(C)C)[C@H]3O)[C@H](NC(=O)[C@@H](O)CCNC(=O)OC(C)(C)C)C[C@@H]2NC(=O)OC(C)(C)C)O1. The van der Waals surface area contributed by atoms with Gasteiger partial charge < -0.3 is 99.4 Å². The molecule has 3 fully saturated rings. The van der Waals surface area contributed by atoms with E-state index in [2.05, 4.69) is 31.5 Å². The molecule has 27 nitrogen and oxygen atoms in total. The molecule has 6 amide bonds. The lowest BCUT2D eigenvalue weighted by molar-refractivity contribution is -0.311. The van der Waals surface area contributed by atoms with Crippen LogP contribution in [-0.2, 0) is 47.4 Å². The maximum absolute atomic E-state index is 14.0. The zero-order chi connectivity index (χ0) is 62.1. The van der Waals surface area contributed by atoms with Crippen LogP contribution in [0.4, 0.5) is 24.0 Å². The zero-order valence-corrected chi connectivity index (χ0v) is 51.5. The van der Waals surface area contributed by atoms with Crippen LogP contribution in [0.15, 0.2) is 11.8 Å². The zero-order valence-electron chi connectivity index (χ0n) is 51.5. The van der Waals surface area contributed by atoms with Crippen LogP contribution in [0.25, 0.3) is 0 Å². The van der Waals surface area contributed by atoms with E-state index in [1.807, 2.05) is 27.8 Å². The second kappa shape index (κ2) is 28.3. The minimum absolute atomic E-state index is 0.00830. The Morgan fingerprint density at radius 3 is 1.80 bits per heavy atom. The number of aliphatic hydroxyl groups excluding tert-OH is 3. The van der Waals surface area contributed by atoms with Crippen LogP contribution in [-0.4, -0.2) is 238 Å². The lowest BCUT2D eigenvalue weighted by Gasteiger charge is -2.50. The summed E-state index contributed by atoms with van der Waals surface area (Å²) in [6.45, 7) is 28.3. The van der Waals surface area contributed by atoms with Crippen LogP contribution in [0.5, 0.6) is 0 Å². The molecule has 27 heteroatoms. The van der Waals surface area contributed by atoms with Gasteiger partial charge >= 0.3 is 30.5 Å². The van der Waals surface area contributed by atoms with Crippen molar-refractivity contribution in [3.05, 3.63) is 11.8 Å². The van der Waals surface area contributed by atoms with Crippen molar-refractivity contribution in [3.63, 3.8) is 0 Å². The number of nitrogens with zero attached hydrogens (tertiary/aromatic N) is 3. The molecular formula is C55H98N8O19. The smallest absolute Gasteiger partial charge is 0.410 e. The normalized spacial score (nSPS) is 28.9. The number of alkyl carbamates (subject to hydrolysis) is 3. The molecule has 0 aromatic rings. The summed E-state index contributed by atoms with van der Waals surface area (Å²) in [5, 5.41) is 61.7. The highest BCUT2D eigenvalue weighted by atomic mass is 16.7. The number of hydrogen-bond acceptors (Lipinski definition) is 21. The first-order valence-electron chi connectivity index (χ1n) is 28.2. The molecular weight excluding hydrogens is 1080 g/mol. The van der Waals surface area contributed by atoms with Crippen LogP contribution in [0.1, 0.15) is 136 Å². The highest BCUT2D eigenvalue weighted by molar-refractivity contribution is 5.81. The Balaban J connectivity index is 1.71. The molecule has 0 aromatic carbocycles. The third kappa shape index (κ3) is 22.5. The van der Waals surface area contributed by atoms with Crippen molar-refractivity contribution in [3.8, 4) is 0 Å². The summed E-state index contributed by atoms with van der Waals surface area (Å²) in [5.41, 5.74) is -6.25. The van der Waals surface area contributed by atoms with Crippen LogP contribution >= 0.6 is 0 Å². The maximum Gasteiger partial charge on any atom is 0.410 e. The van der Waals surface area contributed by atoms with Crippen molar-refractivity contribution in [1.29, 1.82) is 0 Å². The van der Waals surface area contributed by atoms with Gasteiger partial charge in [0.2, 0.25) is 12.2 Å². The van der Waals surface area contributed by atoms with Crippen LogP contribution < -0.4 is 26.6 Å². The van der Waals surface area contributed by atoms with Gasteiger partial charge in [-0.3, -0.25) is 9.69 Å². The molecule has 2 saturated heterocycles. The van der Waals surface area contributed by atoms with Crippen molar-refractivity contribution in [2.45, 2.75) is 243 Å². The molecule has 13 atom stereocenters. The van der Waals surface area contributed by atoms with Crippen molar-refractivity contribution in [2.24, 2.45) is 0 Å². The minimum atomic E-state index is -1.92. The lowest BCUT2D eigenvalue weighted by atomic mass is 9.82. The molecule has 3 heterocycles. The highest BCUT2D eigenvalue weighted by Crippen LogP contribution is 2.35. The molecule has 4 rings (SSSR count). The molecule has 0 bridgehead atoms. The predicted molar refractivity (Wildman–Crippen MR) is 297 cm³/mol. The predicted octanol–water partition coefficient (Wildman–Crippen LogP) is 2.93. The van der Waals surface area contributed by atoms with Gasteiger partial charge in [0.15, 0.2) is 6.29 Å². The number of rotatable bonds is 17. The van der Waals surface area contributed by atoms with Gasteiger partial charge in [-0.15, -0.1) is 0 Å². The van der Waals surface area contributed by atoms with Gasteiger partial charge in [0.1, 0.15) is 69.9 Å². The topological polar surface area (TPSA) is 336 Å². The third-order valence-corrected chi connectivity index (χ3v) is 13.1. The largest absolute Gasteiger partial charge is 0.466 e. The summed E-state index contributed by atoms with van der Waals surface area (Å²) in [6, 6.07) is -5.06. The van der Waals surface area contributed by atoms with Gasteiger partial charge in [-0.2, -0.15) is 0 Å². The van der Waals surface area contributed by atoms with Gasteiger partial charge in [-0.25, -0.2) is 24.0 Å². The number of carbonyl (C=O) groups is 6. The van der Waals surface area contributed by atoms with Crippen molar-refractivity contribution < 1.29 is 91.8 Å². The molecule has 472 valence electrons. The summed E-state index contributed by atoms with van der Waals surface area (Å²) < 4.78 is 53.3. The number of aliphatic hydroxyl groups is 4. The van der Waals surface area contributed by atoms with E-state index in [0.29, 0.717) is 38.4 Å². The fraction of sp³-hybridized carbons (Fsp3) is 0.855. The number of likely N-dealkylation sites (N-methyl/N-ethyl adjacent to an activating group) is 2. The second-order valence-corrected chi connectivity index (χ2v) is 26.8. The summed E-state index contributed by atoms with van der Waals surface area (Å²) in [6.07, 6.45) is -13.8. The first-order valence-corrected chi connectivity index (χ1v) is 28.2. The molecule has 3 aliphatic heterocycles. The van der Waals surface area contributed by atoms with Gasteiger partial charge in [-0.1, -0.05) is 0 Å². The van der Waals surface area contributed by atoms with Crippen LogP contribution in [0.2, 0.25) is 0 Å². The van der Waals surface area contributed by atoms with Gasteiger partial charge in [0.25, 0.3) is 0 Å². The number of carbonyl (C=O) groups excluding carboxylic acids is 6.